The van der Waals surface area contributed by atoms with Crippen molar-refractivity contribution in [3.05, 3.63) is 45.6 Å². The molecule has 0 spiro atoms. The van der Waals surface area contributed by atoms with Crippen LogP contribution in [0.15, 0.2) is 30.3 Å². The van der Waals surface area contributed by atoms with Gasteiger partial charge in [0.15, 0.2) is 0 Å². The Bertz CT molecular complexity index is 755. The van der Waals surface area contributed by atoms with Crippen LogP contribution < -0.4 is 10.1 Å². The number of nitrogens with zero attached hydrogens (tertiary/aromatic N) is 1. The van der Waals surface area contributed by atoms with Crippen LogP contribution in [0, 0.1) is 6.92 Å². The molecule has 0 aliphatic rings. The third kappa shape index (κ3) is 5.06. The van der Waals surface area contributed by atoms with Crippen LogP contribution in [0.4, 0.5) is 5.69 Å². The van der Waals surface area contributed by atoms with Crippen molar-refractivity contribution in [2.24, 2.45) is 0 Å². The van der Waals surface area contributed by atoms with Crippen LogP contribution in [0.2, 0.25) is 0 Å². The first-order valence-corrected chi connectivity index (χ1v) is 9.05. The molecule has 0 radical (unpaired) electrons. The highest BCUT2D eigenvalue weighted by atomic mass is 32.1. The lowest BCUT2D eigenvalue weighted by atomic mass is 10.1. The molecular formula is C19H24N2O3S. The average molecular weight is 360 g/mol. The molecule has 0 atom stereocenters. The number of likely N-dealkylation sites (N-methyl/N-ethyl adjacent to an activating group) is 1. The van der Waals surface area contributed by atoms with E-state index >= 15 is 0 Å². The maximum absolute atomic E-state index is 12.5. The normalized spacial score (nSPS) is 10.4. The van der Waals surface area contributed by atoms with Crippen molar-refractivity contribution in [2.75, 3.05) is 26.0 Å². The van der Waals surface area contributed by atoms with Crippen LogP contribution in [-0.4, -0.2) is 37.4 Å². The summed E-state index contributed by atoms with van der Waals surface area (Å²) in [4.78, 5) is 28.0. The second-order valence-electron chi connectivity index (χ2n) is 5.88. The van der Waals surface area contributed by atoms with Crippen molar-refractivity contribution >= 4 is 28.8 Å². The zero-order valence-corrected chi connectivity index (χ0v) is 15.9. The van der Waals surface area contributed by atoms with E-state index in [0.29, 0.717) is 16.3 Å². The van der Waals surface area contributed by atoms with Crippen LogP contribution in [0.3, 0.4) is 0 Å². The molecule has 2 aromatic rings. The van der Waals surface area contributed by atoms with Crippen molar-refractivity contribution in [1.29, 1.82) is 0 Å². The molecule has 0 unspecified atom stereocenters. The fraction of sp³-hybridized carbons (Fsp3) is 0.368. The van der Waals surface area contributed by atoms with Gasteiger partial charge in [-0.05, 0) is 37.1 Å². The summed E-state index contributed by atoms with van der Waals surface area (Å²) in [5, 5.41) is 2.78. The average Bonchev–Trinajstić information content (AvgIpc) is 2.95. The third-order valence-corrected chi connectivity index (χ3v) is 4.91. The molecule has 25 heavy (non-hydrogen) atoms. The van der Waals surface area contributed by atoms with Crippen molar-refractivity contribution in [1.82, 2.24) is 4.90 Å². The van der Waals surface area contributed by atoms with Gasteiger partial charge in [-0.2, -0.15) is 0 Å². The highest BCUT2D eigenvalue weighted by molar-refractivity contribution is 7.14. The minimum Gasteiger partial charge on any atom is -0.497 e. The molecule has 0 fully saturated rings. The third-order valence-electron chi connectivity index (χ3n) is 3.83. The molecule has 134 valence electrons. The van der Waals surface area contributed by atoms with Crippen LogP contribution in [0.5, 0.6) is 5.75 Å². The fourth-order valence-corrected chi connectivity index (χ4v) is 3.59. The van der Waals surface area contributed by atoms with Gasteiger partial charge in [-0.3, -0.25) is 9.59 Å². The molecule has 1 aromatic carbocycles. The second-order valence-corrected chi connectivity index (χ2v) is 7.14. The van der Waals surface area contributed by atoms with E-state index in [-0.39, 0.29) is 18.4 Å². The Labute approximate surface area is 152 Å². The number of methoxy groups -OCH3 is 1. The summed E-state index contributed by atoms with van der Waals surface area (Å²) in [7, 11) is 3.21. The molecule has 0 bridgehead atoms. The van der Waals surface area contributed by atoms with Gasteiger partial charge in [0.1, 0.15) is 5.75 Å². The maximum atomic E-state index is 12.5. The first kappa shape index (κ1) is 19.0. The first-order chi connectivity index (χ1) is 11.9. The molecule has 0 aliphatic heterocycles. The SMILES string of the molecule is CCCc1cc(C(=O)N(C)CC(=O)Nc2cccc(OC)c2)sc1C. The maximum Gasteiger partial charge on any atom is 0.264 e. The number of carbonyl (C=O) groups excluding carboxylic acids is 2. The summed E-state index contributed by atoms with van der Waals surface area (Å²) in [6.07, 6.45) is 2.01. The number of benzene rings is 1. The summed E-state index contributed by atoms with van der Waals surface area (Å²) in [6.45, 7) is 4.14. The predicted molar refractivity (Wildman–Crippen MR) is 102 cm³/mol. The number of nitrogens with one attached hydrogen (secondary N) is 1. The van der Waals surface area contributed by atoms with Crippen molar-refractivity contribution < 1.29 is 14.3 Å². The number of ether oxygens (including phenoxy) is 1. The predicted octanol–water partition coefficient (Wildman–Crippen LogP) is 3.73. The first-order valence-electron chi connectivity index (χ1n) is 8.23. The molecule has 1 N–H and O–H groups in total. The summed E-state index contributed by atoms with van der Waals surface area (Å²) >= 11 is 1.49. The van der Waals surface area contributed by atoms with Gasteiger partial charge in [-0.25, -0.2) is 0 Å². The number of anilines is 1. The van der Waals surface area contributed by atoms with Crippen molar-refractivity contribution in [3.8, 4) is 5.75 Å². The Balaban J connectivity index is 1.98. The lowest BCUT2D eigenvalue weighted by Gasteiger charge is -2.16. The van der Waals surface area contributed by atoms with E-state index < -0.39 is 0 Å². The number of rotatable bonds is 7. The monoisotopic (exact) mass is 360 g/mol. The summed E-state index contributed by atoms with van der Waals surface area (Å²) in [5.74, 6) is 0.294. The topological polar surface area (TPSA) is 58.6 Å². The number of hydrogen-bond donors (Lipinski definition) is 1. The van der Waals surface area contributed by atoms with Gasteiger partial charge in [0.2, 0.25) is 5.91 Å². The van der Waals surface area contributed by atoms with E-state index in [1.54, 1.807) is 38.4 Å². The second kappa shape index (κ2) is 8.67. The van der Waals surface area contributed by atoms with Gasteiger partial charge in [-0.1, -0.05) is 19.4 Å². The Morgan fingerprint density at radius 3 is 2.72 bits per heavy atom. The van der Waals surface area contributed by atoms with Crippen molar-refractivity contribution in [3.63, 3.8) is 0 Å². The largest absolute Gasteiger partial charge is 0.497 e. The van der Waals surface area contributed by atoms with Gasteiger partial charge in [0, 0.05) is 23.7 Å². The van der Waals surface area contributed by atoms with Crippen molar-refractivity contribution in [2.45, 2.75) is 26.7 Å². The van der Waals surface area contributed by atoms with E-state index in [2.05, 4.69) is 12.2 Å². The van der Waals surface area contributed by atoms with Gasteiger partial charge in [-0.15, -0.1) is 11.3 Å². The smallest absolute Gasteiger partial charge is 0.264 e. The van der Waals surface area contributed by atoms with E-state index in [9.17, 15) is 9.59 Å². The van der Waals surface area contributed by atoms with Gasteiger partial charge < -0.3 is 15.0 Å². The fourth-order valence-electron chi connectivity index (χ4n) is 2.52. The molecule has 0 aliphatic carbocycles. The molecule has 0 saturated carbocycles. The number of amides is 2. The number of carbonyl (C=O) groups is 2. The number of aryl methyl sites for hydroxylation is 2. The molecular weight excluding hydrogens is 336 g/mol. The zero-order valence-electron chi connectivity index (χ0n) is 15.1. The van der Waals surface area contributed by atoms with E-state index in [0.717, 1.165) is 12.8 Å². The van der Waals surface area contributed by atoms with Gasteiger partial charge in [0.25, 0.3) is 5.91 Å². The molecule has 0 saturated heterocycles. The molecule has 2 rings (SSSR count). The van der Waals surface area contributed by atoms with Crippen LogP contribution in [0.1, 0.15) is 33.5 Å². The highest BCUT2D eigenvalue weighted by Crippen LogP contribution is 2.24. The van der Waals surface area contributed by atoms with Gasteiger partial charge >= 0.3 is 0 Å². The van der Waals surface area contributed by atoms with Crippen LogP contribution >= 0.6 is 11.3 Å². The molecule has 2 amide bonds. The summed E-state index contributed by atoms with van der Waals surface area (Å²) in [6, 6.07) is 9.06. The Kier molecular flexibility index (Phi) is 6.58. The number of hydrogen-bond acceptors (Lipinski definition) is 4. The molecule has 5 nitrogen and oxygen atoms in total. The molecule has 6 heteroatoms. The minimum absolute atomic E-state index is 0.00387. The zero-order chi connectivity index (χ0) is 18.4. The van der Waals surface area contributed by atoms with Crippen LogP contribution in [-0.2, 0) is 11.2 Å². The molecule has 1 aromatic heterocycles. The lowest BCUT2D eigenvalue weighted by molar-refractivity contribution is -0.116. The van der Waals surface area contributed by atoms with E-state index in [1.165, 1.54) is 26.7 Å². The summed E-state index contributed by atoms with van der Waals surface area (Å²) < 4.78 is 5.13. The lowest BCUT2D eigenvalue weighted by Crippen LogP contribution is -2.34. The quantitative estimate of drug-likeness (QED) is 0.818. The Morgan fingerprint density at radius 2 is 2.04 bits per heavy atom. The standard InChI is InChI=1S/C19H24N2O3S/c1-5-7-14-10-17(25-13(14)2)19(23)21(3)12-18(22)20-15-8-6-9-16(11-15)24-4/h6,8-11H,5,7,12H2,1-4H3,(H,20,22). The Morgan fingerprint density at radius 1 is 1.28 bits per heavy atom. The summed E-state index contributed by atoms with van der Waals surface area (Å²) in [5.41, 5.74) is 1.85. The minimum atomic E-state index is -0.244. The van der Waals surface area contributed by atoms with E-state index in [4.69, 9.17) is 4.74 Å². The van der Waals surface area contributed by atoms with E-state index in [1.807, 2.05) is 13.0 Å². The molecule has 1 heterocycles. The van der Waals surface area contributed by atoms with Gasteiger partial charge in [0.05, 0.1) is 18.5 Å². The highest BCUT2D eigenvalue weighted by Gasteiger charge is 2.18. The number of thiophene rings is 1. The van der Waals surface area contributed by atoms with Crippen LogP contribution in [0.25, 0.3) is 0 Å². The Hall–Kier alpha value is -2.34.